The van der Waals surface area contributed by atoms with Crippen LogP contribution in [0, 0.1) is 5.82 Å². The first kappa shape index (κ1) is 24.2. The number of aliphatic hydroxyl groups excluding tert-OH is 1. The minimum absolute atomic E-state index is 0.0590. The van der Waals surface area contributed by atoms with E-state index < -0.39 is 18.0 Å². The number of pyridine rings is 1. The molecule has 0 radical (unpaired) electrons. The molecule has 0 fully saturated rings. The number of rotatable bonds is 7. The maximum absolute atomic E-state index is 15.2. The summed E-state index contributed by atoms with van der Waals surface area (Å²) in [5.41, 5.74) is 1.40. The Labute approximate surface area is 195 Å². The molecule has 172 valence electrons. The molecule has 1 amide bonds. The van der Waals surface area contributed by atoms with Gasteiger partial charge in [-0.3, -0.25) is 24.1 Å². The highest BCUT2D eigenvalue weighted by atomic mass is 35.5. The highest BCUT2D eigenvalue weighted by molar-refractivity contribution is 6.32. The summed E-state index contributed by atoms with van der Waals surface area (Å²) in [5.74, 6) is -0.634. The molecule has 3 rings (SSSR count). The maximum Gasteiger partial charge on any atom is 0.263 e. The van der Waals surface area contributed by atoms with Gasteiger partial charge >= 0.3 is 0 Å². The molecule has 0 saturated heterocycles. The normalized spacial score (nSPS) is 11.5. The monoisotopic (exact) mass is 470 g/mol. The largest absolute Gasteiger partial charge is 0.388 e. The van der Waals surface area contributed by atoms with E-state index in [2.05, 4.69) is 11.7 Å². The van der Waals surface area contributed by atoms with Gasteiger partial charge in [-0.1, -0.05) is 30.3 Å². The molecule has 0 saturated carbocycles. The molecule has 0 aliphatic rings. The van der Waals surface area contributed by atoms with Gasteiger partial charge in [-0.25, -0.2) is 4.39 Å². The summed E-state index contributed by atoms with van der Waals surface area (Å²) in [4.78, 5) is 25.7. The average Bonchev–Trinajstić information content (AvgIpc) is 2.79. The number of hydrogen-bond donors (Lipinski definition) is 1. The van der Waals surface area contributed by atoms with E-state index in [1.807, 2.05) is 0 Å². The number of anilines is 1. The average molecular weight is 471 g/mol. The number of aromatic nitrogens is 1. The molecule has 1 N–H and O–H groups in total. The first-order valence-corrected chi connectivity index (χ1v) is 10.5. The second kappa shape index (κ2) is 9.97. The Morgan fingerprint density at radius 2 is 2.00 bits per heavy atom. The van der Waals surface area contributed by atoms with Crippen LogP contribution in [0.3, 0.4) is 0 Å². The molecule has 1 heterocycles. The Morgan fingerprint density at radius 1 is 1.30 bits per heavy atom. The summed E-state index contributed by atoms with van der Waals surface area (Å²) in [5, 5.41) is 16.0. The van der Waals surface area contributed by atoms with Crippen LogP contribution in [0.2, 0.25) is 5.02 Å². The van der Waals surface area contributed by atoms with E-state index in [-0.39, 0.29) is 16.9 Å². The number of carbonyl (C=O) groups excluding carboxylic acids is 1. The molecular weight excluding hydrogens is 447 g/mol. The molecule has 3 aromatic rings. The first-order chi connectivity index (χ1) is 15.7. The zero-order chi connectivity index (χ0) is 24.3. The van der Waals surface area contributed by atoms with Gasteiger partial charge in [0, 0.05) is 25.4 Å². The highest BCUT2D eigenvalue weighted by Gasteiger charge is 2.18. The molecule has 7 nitrogen and oxygen atoms in total. The van der Waals surface area contributed by atoms with E-state index in [0.29, 0.717) is 40.2 Å². The van der Waals surface area contributed by atoms with Gasteiger partial charge in [0.05, 0.1) is 21.8 Å². The molecule has 0 aliphatic heterocycles. The van der Waals surface area contributed by atoms with Crippen LogP contribution >= 0.6 is 11.6 Å². The summed E-state index contributed by atoms with van der Waals surface area (Å²) in [6.07, 6.45) is 2.17. The number of allylic oxidation sites excluding steroid dienone is 1. The number of aliphatic hydroxyl groups is 1. The molecule has 0 unspecified atom stereocenters. The van der Waals surface area contributed by atoms with Gasteiger partial charge in [-0.05, 0) is 49.1 Å². The molecule has 0 aliphatic carbocycles. The zero-order valence-corrected chi connectivity index (χ0v) is 19.3. The number of amidine groups is 1. The summed E-state index contributed by atoms with van der Waals surface area (Å²) >= 11 is 6.30. The molecule has 0 spiro atoms. The van der Waals surface area contributed by atoms with E-state index in [9.17, 15) is 14.7 Å². The van der Waals surface area contributed by atoms with Crippen LogP contribution in [0.1, 0.15) is 19.4 Å². The third-order valence-electron chi connectivity index (χ3n) is 5.21. The number of amides is 1. The highest BCUT2D eigenvalue weighted by Crippen LogP contribution is 2.30. The Bertz CT molecular complexity index is 1320. The van der Waals surface area contributed by atoms with E-state index in [4.69, 9.17) is 11.6 Å². The van der Waals surface area contributed by atoms with Crippen molar-refractivity contribution in [2.24, 2.45) is 5.10 Å². The van der Waals surface area contributed by atoms with Gasteiger partial charge < -0.3 is 5.11 Å². The number of para-hydroxylation sites is 1. The predicted octanol–water partition coefficient (Wildman–Crippen LogP) is 4.04. The Balaban J connectivity index is 2.26. The number of carbonyl (C=O) groups is 1. The number of nitrogens with zero attached hydrogens (tertiary/aromatic N) is 4. The number of hydrogen-bond acceptors (Lipinski definition) is 5. The summed E-state index contributed by atoms with van der Waals surface area (Å²) in [6.45, 7) is 7.29. The van der Waals surface area contributed by atoms with Crippen LogP contribution in [0.25, 0.3) is 22.0 Å². The second-order valence-corrected chi connectivity index (χ2v) is 7.80. The lowest BCUT2D eigenvalue weighted by molar-refractivity contribution is -0.114. The number of hydrazone groups is 1. The van der Waals surface area contributed by atoms with Gasteiger partial charge in [-0.2, -0.15) is 5.10 Å². The van der Waals surface area contributed by atoms with Crippen molar-refractivity contribution in [3.05, 3.63) is 75.9 Å². The maximum atomic E-state index is 15.2. The van der Waals surface area contributed by atoms with E-state index in [0.717, 1.165) is 6.07 Å². The minimum Gasteiger partial charge on any atom is -0.388 e. The van der Waals surface area contributed by atoms with Crippen LogP contribution in [0.15, 0.2) is 59.1 Å². The molecule has 0 bridgehead atoms. The second-order valence-electron chi connectivity index (χ2n) is 7.39. The lowest BCUT2D eigenvalue weighted by Gasteiger charge is -2.21. The molecule has 33 heavy (non-hydrogen) atoms. The van der Waals surface area contributed by atoms with Crippen molar-refractivity contribution in [1.82, 2.24) is 9.47 Å². The number of benzene rings is 2. The van der Waals surface area contributed by atoms with Crippen molar-refractivity contribution in [3.63, 3.8) is 0 Å². The standard InChI is InChI=1S/C24H24ClFN4O3/c1-5-29(14-32)23(13-31)27-28(4)22-11-16-17(10-20(22)26)24(33)30(12-18(16)15(2)3)21-9-7-6-8-19(21)25/h6-12,14,31H,2,5,13H2,1,3-4H3/b27-23-. The summed E-state index contributed by atoms with van der Waals surface area (Å²) in [6, 6.07) is 9.53. The van der Waals surface area contributed by atoms with Crippen LogP contribution < -0.4 is 10.6 Å². The SMILES string of the molecule is C=C(C)c1cn(-c2ccccc2Cl)c(=O)c2cc(F)c(N(C)/N=C(/CO)N(C=O)CC)cc12. The van der Waals surface area contributed by atoms with E-state index in [1.165, 1.54) is 27.6 Å². The summed E-state index contributed by atoms with van der Waals surface area (Å²) in [7, 11) is 1.49. The molecule has 9 heteroatoms. The van der Waals surface area contributed by atoms with Crippen LogP contribution in [-0.4, -0.2) is 47.0 Å². The molecule has 1 aromatic heterocycles. The zero-order valence-electron chi connectivity index (χ0n) is 18.5. The molecular formula is C24H24ClFN4O3. The van der Waals surface area contributed by atoms with Gasteiger partial charge in [0.1, 0.15) is 12.4 Å². The topological polar surface area (TPSA) is 78.1 Å². The fourth-order valence-electron chi connectivity index (χ4n) is 3.49. The van der Waals surface area contributed by atoms with Crippen LogP contribution in [0.5, 0.6) is 0 Å². The van der Waals surface area contributed by atoms with Crippen molar-refractivity contribution in [1.29, 1.82) is 0 Å². The smallest absolute Gasteiger partial charge is 0.263 e. The third-order valence-corrected chi connectivity index (χ3v) is 5.53. The van der Waals surface area contributed by atoms with Crippen molar-refractivity contribution in [3.8, 4) is 5.69 Å². The third kappa shape index (κ3) is 4.67. The fourth-order valence-corrected chi connectivity index (χ4v) is 3.71. The van der Waals surface area contributed by atoms with Crippen molar-refractivity contribution >= 4 is 45.9 Å². The van der Waals surface area contributed by atoms with Gasteiger partial charge in [-0.15, -0.1) is 0 Å². The van der Waals surface area contributed by atoms with Gasteiger partial charge in [0.15, 0.2) is 5.84 Å². The Morgan fingerprint density at radius 3 is 2.58 bits per heavy atom. The first-order valence-electron chi connectivity index (χ1n) is 10.2. The van der Waals surface area contributed by atoms with Crippen molar-refractivity contribution in [2.75, 3.05) is 25.2 Å². The quantitative estimate of drug-likeness (QED) is 0.245. The number of fused-ring (bicyclic) bond motifs is 1. The van der Waals surface area contributed by atoms with Gasteiger partial charge in [0.2, 0.25) is 6.41 Å². The predicted molar refractivity (Wildman–Crippen MR) is 131 cm³/mol. The van der Waals surface area contributed by atoms with Crippen LogP contribution in [-0.2, 0) is 4.79 Å². The summed E-state index contributed by atoms with van der Waals surface area (Å²) < 4.78 is 16.5. The molecule has 2 aromatic carbocycles. The van der Waals surface area contributed by atoms with Crippen molar-refractivity contribution < 1.29 is 14.3 Å². The lowest BCUT2D eigenvalue weighted by atomic mass is 10.0. The molecule has 0 atom stereocenters. The van der Waals surface area contributed by atoms with Crippen LogP contribution in [0.4, 0.5) is 10.1 Å². The van der Waals surface area contributed by atoms with E-state index in [1.54, 1.807) is 44.3 Å². The van der Waals surface area contributed by atoms with E-state index >= 15 is 4.39 Å². The number of likely N-dealkylation sites (N-methyl/N-ethyl adjacent to an activating group) is 1. The fraction of sp³-hybridized carbons (Fsp3) is 0.208. The lowest BCUT2D eigenvalue weighted by Crippen LogP contribution is -2.34. The Kier molecular flexibility index (Phi) is 7.30. The minimum atomic E-state index is -0.693. The Hall–Kier alpha value is -3.49. The van der Waals surface area contributed by atoms with Crippen molar-refractivity contribution in [2.45, 2.75) is 13.8 Å². The number of halogens is 2. The van der Waals surface area contributed by atoms with Gasteiger partial charge in [0.25, 0.3) is 5.56 Å².